The molecule has 182 valence electrons. The summed E-state index contributed by atoms with van der Waals surface area (Å²) >= 11 is 0. The normalized spacial score (nSPS) is 15.6. The first kappa shape index (κ1) is 22.3. The maximum Gasteiger partial charge on any atom is 0.332 e. The van der Waals surface area contributed by atoms with E-state index in [0.29, 0.717) is 29.6 Å². The molecule has 36 heavy (non-hydrogen) atoms. The largest absolute Gasteiger partial charge is 0.332 e. The molecule has 3 heterocycles. The molecule has 2 aromatic heterocycles. The van der Waals surface area contributed by atoms with Gasteiger partial charge in [0.15, 0.2) is 11.2 Å². The summed E-state index contributed by atoms with van der Waals surface area (Å²) in [5.74, 6) is 1.01. The average Bonchev–Trinajstić information content (AvgIpc) is 3.26. The fourth-order valence-corrected chi connectivity index (χ4v) is 5.36. The Morgan fingerprint density at radius 1 is 0.944 bits per heavy atom. The first-order valence-corrected chi connectivity index (χ1v) is 12.3. The van der Waals surface area contributed by atoms with Crippen LogP contribution >= 0.6 is 0 Å². The van der Waals surface area contributed by atoms with E-state index in [2.05, 4.69) is 43.9 Å². The van der Waals surface area contributed by atoms with Crippen molar-refractivity contribution in [2.24, 2.45) is 13.0 Å². The molecule has 0 fully saturated rings. The van der Waals surface area contributed by atoms with Crippen LogP contribution in [0.3, 0.4) is 0 Å². The molecule has 7 heteroatoms. The zero-order valence-electron chi connectivity index (χ0n) is 21.0. The molecular weight excluding hydrogens is 450 g/mol. The lowest BCUT2D eigenvalue weighted by atomic mass is 10.0. The zero-order chi connectivity index (χ0) is 25.1. The van der Waals surface area contributed by atoms with Crippen molar-refractivity contribution >= 4 is 33.6 Å². The lowest BCUT2D eigenvalue weighted by Gasteiger charge is -2.33. The van der Waals surface area contributed by atoms with Crippen LogP contribution in [0.15, 0.2) is 70.3 Å². The van der Waals surface area contributed by atoms with E-state index in [1.165, 1.54) is 20.3 Å². The van der Waals surface area contributed by atoms with Crippen LogP contribution in [-0.2, 0) is 20.1 Å². The molecule has 0 bridgehead atoms. The fraction of sp³-hybridized carbons (Fsp3) is 0.276. The molecule has 1 aliphatic heterocycles. The molecular formula is C29H29N5O2. The van der Waals surface area contributed by atoms with Crippen molar-refractivity contribution < 1.29 is 0 Å². The summed E-state index contributed by atoms with van der Waals surface area (Å²) in [6, 6.07) is 20.4. The molecule has 0 radical (unpaired) electrons. The van der Waals surface area contributed by atoms with Crippen LogP contribution in [0.4, 0.5) is 11.6 Å². The molecule has 0 unspecified atom stereocenters. The van der Waals surface area contributed by atoms with Gasteiger partial charge in [0.2, 0.25) is 5.95 Å². The maximum absolute atomic E-state index is 13.9. The maximum atomic E-state index is 13.9. The van der Waals surface area contributed by atoms with Crippen molar-refractivity contribution in [1.82, 2.24) is 18.7 Å². The highest BCUT2D eigenvalue weighted by atomic mass is 16.2. The highest BCUT2D eigenvalue weighted by Gasteiger charge is 2.30. The molecule has 0 aliphatic carbocycles. The van der Waals surface area contributed by atoms with Gasteiger partial charge < -0.3 is 9.47 Å². The molecule has 0 saturated carbocycles. The molecule has 0 saturated heterocycles. The fourth-order valence-electron chi connectivity index (χ4n) is 5.36. The van der Waals surface area contributed by atoms with Crippen molar-refractivity contribution in [3.05, 3.63) is 98.2 Å². The van der Waals surface area contributed by atoms with Gasteiger partial charge >= 0.3 is 5.69 Å². The van der Waals surface area contributed by atoms with Gasteiger partial charge in [-0.05, 0) is 59.4 Å². The van der Waals surface area contributed by atoms with Crippen molar-refractivity contribution in [3.63, 3.8) is 0 Å². The zero-order valence-corrected chi connectivity index (χ0v) is 21.0. The number of aromatic nitrogens is 4. The molecule has 0 spiro atoms. The second-order valence-corrected chi connectivity index (χ2v) is 10.1. The number of benzene rings is 3. The number of imidazole rings is 1. The third kappa shape index (κ3) is 3.38. The van der Waals surface area contributed by atoms with Crippen LogP contribution in [0.5, 0.6) is 0 Å². The Morgan fingerprint density at radius 3 is 2.53 bits per heavy atom. The molecule has 5 aromatic rings. The molecule has 0 amide bonds. The highest BCUT2D eigenvalue weighted by molar-refractivity contribution is 5.85. The monoisotopic (exact) mass is 479 g/mol. The minimum atomic E-state index is -0.360. The number of aryl methyl sites for hydroxylation is 3. The van der Waals surface area contributed by atoms with Gasteiger partial charge in [-0.25, -0.2) is 4.79 Å². The van der Waals surface area contributed by atoms with Gasteiger partial charge in [-0.15, -0.1) is 0 Å². The van der Waals surface area contributed by atoms with Gasteiger partial charge in [0.05, 0.1) is 6.54 Å². The second kappa shape index (κ2) is 8.22. The average molecular weight is 480 g/mol. The van der Waals surface area contributed by atoms with Gasteiger partial charge in [0, 0.05) is 25.8 Å². The standard InChI is InChI=1S/C29H29N5O2/c1-18-15-32(23-13-12-19(2)20(3)14-23)28-30-26-25(33(28)16-18)27(35)34(29(36)31(26)4)17-22-10-7-9-21-8-5-6-11-24(21)22/h5-14,18H,15-17H2,1-4H3/t18-/m1/s1. The predicted octanol–water partition coefficient (Wildman–Crippen LogP) is 4.50. The van der Waals surface area contributed by atoms with Crippen molar-refractivity contribution in [2.75, 3.05) is 11.4 Å². The summed E-state index contributed by atoms with van der Waals surface area (Å²) in [6.07, 6.45) is 0. The van der Waals surface area contributed by atoms with E-state index in [-0.39, 0.29) is 17.8 Å². The number of fused-ring (bicyclic) bond motifs is 4. The molecule has 7 nitrogen and oxygen atoms in total. The Morgan fingerprint density at radius 2 is 1.72 bits per heavy atom. The van der Waals surface area contributed by atoms with Crippen LogP contribution in [0.1, 0.15) is 23.6 Å². The van der Waals surface area contributed by atoms with E-state index >= 15 is 0 Å². The summed E-state index contributed by atoms with van der Waals surface area (Å²) in [5, 5.41) is 2.12. The number of hydrogen-bond acceptors (Lipinski definition) is 4. The summed E-state index contributed by atoms with van der Waals surface area (Å²) in [4.78, 5) is 34.3. The Labute approximate surface area is 208 Å². The van der Waals surface area contributed by atoms with E-state index in [4.69, 9.17) is 4.98 Å². The van der Waals surface area contributed by atoms with Crippen LogP contribution in [0, 0.1) is 19.8 Å². The first-order valence-electron chi connectivity index (χ1n) is 12.3. The summed E-state index contributed by atoms with van der Waals surface area (Å²) in [7, 11) is 1.70. The molecule has 3 aromatic carbocycles. The predicted molar refractivity (Wildman–Crippen MR) is 144 cm³/mol. The number of hydrogen-bond donors (Lipinski definition) is 0. The molecule has 6 rings (SSSR count). The van der Waals surface area contributed by atoms with Crippen LogP contribution in [0.2, 0.25) is 0 Å². The summed E-state index contributed by atoms with van der Waals surface area (Å²) < 4.78 is 4.86. The number of rotatable bonds is 3. The van der Waals surface area contributed by atoms with Crippen LogP contribution in [-0.4, -0.2) is 25.2 Å². The van der Waals surface area contributed by atoms with Gasteiger partial charge in [-0.3, -0.25) is 13.9 Å². The lowest BCUT2D eigenvalue weighted by molar-refractivity contribution is 0.458. The van der Waals surface area contributed by atoms with Crippen LogP contribution in [0.25, 0.3) is 21.9 Å². The van der Waals surface area contributed by atoms with Gasteiger partial charge in [0.25, 0.3) is 5.56 Å². The second-order valence-electron chi connectivity index (χ2n) is 10.1. The summed E-state index contributed by atoms with van der Waals surface area (Å²) in [5.41, 5.74) is 4.67. The Bertz CT molecular complexity index is 1770. The molecule has 0 N–H and O–H groups in total. The highest BCUT2D eigenvalue weighted by Crippen LogP contribution is 2.33. The van der Waals surface area contributed by atoms with Crippen molar-refractivity contribution in [3.8, 4) is 0 Å². The van der Waals surface area contributed by atoms with Crippen LogP contribution < -0.4 is 16.1 Å². The van der Waals surface area contributed by atoms with E-state index in [0.717, 1.165) is 28.6 Å². The first-order chi connectivity index (χ1) is 17.3. The minimum Gasteiger partial charge on any atom is -0.312 e. The molecule has 1 atom stereocenters. The number of anilines is 2. The lowest BCUT2D eigenvalue weighted by Crippen LogP contribution is -2.40. The SMILES string of the molecule is Cc1ccc(N2C[C@@H](C)Cn3c2nc2c3c(=O)n(Cc3cccc4ccccc34)c(=O)n2C)cc1C. The molecule has 1 aliphatic rings. The third-order valence-electron chi connectivity index (χ3n) is 7.45. The Balaban J connectivity index is 1.55. The Hall–Kier alpha value is -4.13. The van der Waals surface area contributed by atoms with Gasteiger partial charge in [0.1, 0.15) is 0 Å². The topological polar surface area (TPSA) is 65.1 Å². The third-order valence-corrected chi connectivity index (χ3v) is 7.45. The van der Waals surface area contributed by atoms with E-state index in [1.807, 2.05) is 47.0 Å². The van der Waals surface area contributed by atoms with Gasteiger partial charge in [-0.1, -0.05) is 55.5 Å². The van der Waals surface area contributed by atoms with E-state index in [9.17, 15) is 9.59 Å². The van der Waals surface area contributed by atoms with E-state index in [1.54, 1.807) is 7.05 Å². The Kier molecular flexibility index (Phi) is 5.10. The van der Waals surface area contributed by atoms with Crippen molar-refractivity contribution in [1.29, 1.82) is 0 Å². The smallest absolute Gasteiger partial charge is 0.312 e. The summed E-state index contributed by atoms with van der Waals surface area (Å²) in [6.45, 7) is 8.06. The van der Waals surface area contributed by atoms with Crippen molar-refractivity contribution in [2.45, 2.75) is 33.9 Å². The van der Waals surface area contributed by atoms with Gasteiger partial charge in [-0.2, -0.15) is 4.98 Å². The van der Waals surface area contributed by atoms with E-state index < -0.39 is 0 Å². The minimum absolute atomic E-state index is 0.208. The quantitative estimate of drug-likeness (QED) is 0.382. The number of nitrogens with zero attached hydrogens (tertiary/aromatic N) is 5.